The van der Waals surface area contributed by atoms with Crippen LogP contribution in [0.3, 0.4) is 0 Å². The molecule has 0 aromatic carbocycles. The molecule has 0 bridgehead atoms. The van der Waals surface area contributed by atoms with Crippen LogP contribution in [0.1, 0.15) is 33.6 Å². The van der Waals surface area contributed by atoms with Crippen molar-refractivity contribution in [2.75, 3.05) is 0 Å². The first-order valence-corrected chi connectivity index (χ1v) is 3.97. The Kier molecular flexibility index (Phi) is 4.43. The van der Waals surface area contributed by atoms with Gasteiger partial charge in [0.2, 0.25) is 0 Å². The van der Waals surface area contributed by atoms with E-state index >= 15 is 0 Å². The van der Waals surface area contributed by atoms with Gasteiger partial charge in [0.05, 0.1) is 0 Å². The molecule has 0 spiro atoms. The average Bonchev–Trinajstić information content (AvgIpc) is 1.84. The highest BCUT2D eigenvalue weighted by Crippen LogP contribution is 2.05. The molecule has 0 heterocycles. The summed E-state index contributed by atoms with van der Waals surface area (Å²) in [5.41, 5.74) is -0.448. The van der Waals surface area contributed by atoms with E-state index < -0.39 is 11.6 Å². The average molecular weight is 167 g/mol. The fourth-order valence-electron chi connectivity index (χ4n) is 0.527. The van der Waals surface area contributed by atoms with Gasteiger partial charge in [-0.2, -0.15) is 0 Å². The fraction of sp³-hybridized carbons (Fsp3) is 0.600. The number of ether oxygens (including phenoxy) is 1. The van der Waals surface area contributed by atoms with Crippen molar-refractivity contribution in [3.63, 3.8) is 0 Å². The molecule has 0 aliphatic carbocycles. The van der Waals surface area contributed by atoms with Crippen LogP contribution < -0.4 is 0 Å². The van der Waals surface area contributed by atoms with Gasteiger partial charge in [0.15, 0.2) is 0 Å². The Hall–Kier alpha value is -0.970. The Morgan fingerprint density at radius 1 is 1.50 bits per heavy atom. The van der Waals surface area contributed by atoms with Crippen molar-refractivity contribution in [2.24, 2.45) is 0 Å². The van der Waals surface area contributed by atoms with Crippen molar-refractivity contribution in [1.82, 2.24) is 0 Å². The second-order valence-corrected chi connectivity index (χ2v) is 3.41. The van der Waals surface area contributed by atoms with Crippen molar-refractivity contribution in [3.8, 4) is 11.8 Å². The van der Waals surface area contributed by atoms with Crippen molar-refractivity contribution in [1.29, 1.82) is 0 Å². The Balaban J connectivity index is 3.85. The van der Waals surface area contributed by atoms with Crippen LogP contribution in [-0.2, 0) is 9.53 Å². The van der Waals surface area contributed by atoms with Gasteiger partial charge in [-0.05, 0) is 27.2 Å². The molecule has 0 amide bonds. The third kappa shape index (κ3) is 7.14. The van der Waals surface area contributed by atoms with Crippen molar-refractivity contribution in [2.45, 2.75) is 39.2 Å². The summed E-state index contributed by atoms with van der Waals surface area (Å²) >= 11 is 0. The fourth-order valence-corrected chi connectivity index (χ4v) is 0.527. The second-order valence-electron chi connectivity index (χ2n) is 3.41. The van der Waals surface area contributed by atoms with Gasteiger partial charge < -0.3 is 4.74 Å². The van der Waals surface area contributed by atoms with Gasteiger partial charge >= 0.3 is 5.97 Å². The van der Waals surface area contributed by atoms with E-state index in [1.54, 1.807) is 0 Å². The zero-order valence-electron chi connectivity index (χ0n) is 7.94. The molecule has 0 aliphatic heterocycles. The maximum Gasteiger partial charge on any atom is 0.384 e. The van der Waals surface area contributed by atoms with Gasteiger partial charge in [-0.25, -0.2) is 4.79 Å². The van der Waals surface area contributed by atoms with Crippen molar-refractivity contribution < 1.29 is 9.53 Å². The molecule has 0 aromatic heterocycles. The summed E-state index contributed by atoms with van der Waals surface area (Å²) in [7, 11) is 0. The lowest BCUT2D eigenvalue weighted by Crippen LogP contribution is -2.22. The smallest absolute Gasteiger partial charge is 0.384 e. The highest BCUT2D eigenvalue weighted by Gasteiger charge is 2.13. The Morgan fingerprint density at radius 3 is 2.50 bits per heavy atom. The van der Waals surface area contributed by atoms with Crippen LogP contribution in [-0.4, -0.2) is 11.6 Å². The zero-order chi connectivity index (χ0) is 9.61. The van der Waals surface area contributed by atoms with Gasteiger partial charge in [0.1, 0.15) is 5.60 Å². The van der Waals surface area contributed by atoms with Crippen LogP contribution in [0.15, 0.2) is 0 Å². The van der Waals surface area contributed by atoms with Crippen molar-refractivity contribution in [3.05, 3.63) is 6.92 Å². The summed E-state index contributed by atoms with van der Waals surface area (Å²) in [6, 6.07) is 0. The highest BCUT2D eigenvalue weighted by molar-refractivity contribution is 5.88. The summed E-state index contributed by atoms with van der Waals surface area (Å²) in [5, 5.41) is 0. The SMILES string of the molecule is [CH2]CCC#CC(=O)OC(C)(C)C. The van der Waals surface area contributed by atoms with E-state index in [1.807, 2.05) is 20.8 Å². The summed E-state index contributed by atoms with van der Waals surface area (Å²) in [5.74, 6) is 4.60. The van der Waals surface area contributed by atoms with Crippen LogP contribution in [0.25, 0.3) is 0 Å². The molecule has 0 N–H and O–H groups in total. The van der Waals surface area contributed by atoms with Gasteiger partial charge in [-0.15, -0.1) is 0 Å². The minimum atomic E-state index is -0.462. The second kappa shape index (κ2) is 4.82. The van der Waals surface area contributed by atoms with E-state index in [-0.39, 0.29) is 0 Å². The van der Waals surface area contributed by atoms with E-state index in [4.69, 9.17) is 4.74 Å². The van der Waals surface area contributed by atoms with Crippen LogP contribution in [0.5, 0.6) is 0 Å². The van der Waals surface area contributed by atoms with Crippen LogP contribution in [0.4, 0.5) is 0 Å². The molecule has 12 heavy (non-hydrogen) atoms. The quantitative estimate of drug-likeness (QED) is 0.339. The normalized spacial score (nSPS) is 10.0. The lowest BCUT2D eigenvalue weighted by atomic mass is 10.2. The van der Waals surface area contributed by atoms with Gasteiger partial charge in [-0.1, -0.05) is 12.8 Å². The summed E-state index contributed by atoms with van der Waals surface area (Å²) in [4.78, 5) is 10.9. The van der Waals surface area contributed by atoms with E-state index in [1.165, 1.54) is 0 Å². The minimum absolute atomic E-state index is 0.448. The lowest BCUT2D eigenvalue weighted by molar-refractivity contribution is -0.147. The number of rotatable bonds is 1. The zero-order valence-corrected chi connectivity index (χ0v) is 7.94. The van der Waals surface area contributed by atoms with Crippen LogP contribution >= 0.6 is 0 Å². The molecule has 2 nitrogen and oxygen atoms in total. The van der Waals surface area contributed by atoms with Gasteiger partial charge in [0, 0.05) is 12.3 Å². The minimum Gasteiger partial charge on any atom is -0.450 e. The monoisotopic (exact) mass is 167 g/mol. The standard InChI is InChI=1S/C10H15O2/c1-5-6-7-8-9(11)12-10(2,3)4/h1,5-6H2,2-4H3. The van der Waals surface area contributed by atoms with E-state index in [0.29, 0.717) is 6.42 Å². The first-order chi connectivity index (χ1) is 5.45. The Labute approximate surface area is 74.3 Å². The molecule has 0 unspecified atom stereocenters. The maximum atomic E-state index is 10.9. The number of unbranched alkanes of at least 4 members (excludes halogenated alkanes) is 1. The molecule has 1 radical (unpaired) electrons. The molecule has 0 saturated heterocycles. The highest BCUT2D eigenvalue weighted by atomic mass is 16.6. The third-order valence-electron chi connectivity index (χ3n) is 0.891. The predicted octanol–water partition coefficient (Wildman–Crippen LogP) is 1.95. The summed E-state index contributed by atoms with van der Waals surface area (Å²) < 4.78 is 4.95. The molecule has 67 valence electrons. The summed E-state index contributed by atoms with van der Waals surface area (Å²) in [6.07, 6.45) is 1.36. The molecular weight excluding hydrogens is 152 g/mol. The maximum absolute atomic E-state index is 10.9. The van der Waals surface area contributed by atoms with Crippen LogP contribution in [0.2, 0.25) is 0 Å². The van der Waals surface area contributed by atoms with Crippen molar-refractivity contribution >= 4 is 5.97 Å². The first-order valence-electron chi connectivity index (χ1n) is 3.97. The van der Waals surface area contributed by atoms with E-state index in [2.05, 4.69) is 18.8 Å². The number of esters is 1. The Morgan fingerprint density at radius 2 is 2.08 bits per heavy atom. The summed E-state index contributed by atoms with van der Waals surface area (Å²) in [6.45, 7) is 9.04. The van der Waals surface area contributed by atoms with Gasteiger partial charge in [-0.3, -0.25) is 0 Å². The first kappa shape index (κ1) is 11.0. The van der Waals surface area contributed by atoms with E-state index in [0.717, 1.165) is 6.42 Å². The molecule has 0 atom stereocenters. The number of hydrogen-bond acceptors (Lipinski definition) is 2. The topological polar surface area (TPSA) is 26.3 Å². The van der Waals surface area contributed by atoms with Crippen LogP contribution in [0, 0.1) is 18.8 Å². The van der Waals surface area contributed by atoms with E-state index in [9.17, 15) is 4.79 Å². The van der Waals surface area contributed by atoms with Gasteiger partial charge in [0.25, 0.3) is 0 Å². The molecule has 0 aliphatic rings. The molecular formula is C10H15O2. The molecule has 0 fully saturated rings. The lowest BCUT2D eigenvalue weighted by Gasteiger charge is -2.16. The number of carbonyl (C=O) groups excluding carboxylic acids is 1. The number of carbonyl (C=O) groups is 1. The number of hydrogen-bond donors (Lipinski definition) is 0. The molecule has 2 heteroatoms. The Bertz CT molecular complexity index is 200. The molecule has 0 rings (SSSR count). The molecule has 0 saturated carbocycles. The third-order valence-corrected chi connectivity index (χ3v) is 0.891. The predicted molar refractivity (Wildman–Crippen MR) is 48.2 cm³/mol. The largest absolute Gasteiger partial charge is 0.450 e. The molecule has 0 aromatic rings.